The van der Waals surface area contributed by atoms with Crippen LogP contribution in [0.15, 0.2) is 41.0 Å². The molecule has 1 aromatic heterocycles. The first-order valence-corrected chi connectivity index (χ1v) is 9.30. The van der Waals surface area contributed by atoms with Gasteiger partial charge in [-0.15, -0.1) is 0 Å². The fourth-order valence-corrected chi connectivity index (χ4v) is 2.53. The van der Waals surface area contributed by atoms with Crippen molar-refractivity contribution in [2.45, 2.75) is 46.1 Å². The van der Waals surface area contributed by atoms with Crippen LogP contribution in [0.5, 0.6) is 5.75 Å². The Balaban J connectivity index is 0.000000568. The number of hydrogen-bond donors (Lipinski definition) is 3. The monoisotopic (exact) mass is 391 g/mol. The summed E-state index contributed by atoms with van der Waals surface area (Å²) < 4.78 is 11.2. The summed E-state index contributed by atoms with van der Waals surface area (Å²) in [5.74, 6) is -1.59. The molecule has 3 N–H and O–H groups in total. The van der Waals surface area contributed by atoms with Crippen LogP contribution in [0.1, 0.15) is 42.6 Å². The number of aliphatic carboxylic acids is 2. The molecule has 0 aliphatic heterocycles. The maximum Gasteiger partial charge on any atom is 0.414 e. The van der Waals surface area contributed by atoms with E-state index in [4.69, 9.17) is 29.0 Å². The Morgan fingerprint density at radius 2 is 1.61 bits per heavy atom. The average molecular weight is 391 g/mol. The third-order valence-corrected chi connectivity index (χ3v) is 3.97. The van der Waals surface area contributed by atoms with Crippen LogP contribution in [0, 0.1) is 13.8 Å². The summed E-state index contributed by atoms with van der Waals surface area (Å²) in [6.45, 7) is 6.88. The highest BCUT2D eigenvalue weighted by molar-refractivity contribution is 6.27. The molecular weight excluding hydrogens is 362 g/mol. The first kappa shape index (κ1) is 23.2. The van der Waals surface area contributed by atoms with Crippen molar-refractivity contribution >= 4 is 11.9 Å². The zero-order valence-corrected chi connectivity index (χ0v) is 16.4. The summed E-state index contributed by atoms with van der Waals surface area (Å²) in [5.41, 5.74) is 2.45. The van der Waals surface area contributed by atoms with E-state index < -0.39 is 11.9 Å². The van der Waals surface area contributed by atoms with Gasteiger partial charge in [-0.2, -0.15) is 0 Å². The van der Waals surface area contributed by atoms with Gasteiger partial charge in [0.1, 0.15) is 11.5 Å². The standard InChI is InChI=1S/C19H27NO2.C2H2O4/c1-16-9-7-10-17(2)19(16)22-13-6-4-3-5-12-20-15-18-11-8-14-21-18;3-1(4)2(5)6/h7-11,14,20H,3-6,12-13,15H2,1-2H3;(H,3,4)(H,5,6). The van der Waals surface area contributed by atoms with Crippen LogP contribution in [0.4, 0.5) is 0 Å². The van der Waals surface area contributed by atoms with Crippen molar-refractivity contribution in [2.24, 2.45) is 0 Å². The summed E-state index contributed by atoms with van der Waals surface area (Å²) in [6, 6.07) is 10.2. The number of nitrogens with one attached hydrogen (secondary N) is 1. The van der Waals surface area contributed by atoms with E-state index in [2.05, 4.69) is 37.4 Å². The zero-order chi connectivity index (χ0) is 20.8. The fourth-order valence-electron chi connectivity index (χ4n) is 2.53. The fraction of sp³-hybridized carbons (Fsp3) is 0.429. The van der Waals surface area contributed by atoms with Crippen molar-refractivity contribution in [1.29, 1.82) is 0 Å². The molecule has 0 saturated carbocycles. The smallest absolute Gasteiger partial charge is 0.414 e. The predicted octanol–water partition coefficient (Wildman–Crippen LogP) is 3.78. The van der Waals surface area contributed by atoms with Crippen LogP contribution >= 0.6 is 0 Å². The van der Waals surface area contributed by atoms with Gasteiger partial charge in [0.15, 0.2) is 0 Å². The largest absolute Gasteiger partial charge is 0.493 e. The molecule has 0 fully saturated rings. The van der Waals surface area contributed by atoms with Crippen LogP contribution < -0.4 is 10.1 Å². The lowest BCUT2D eigenvalue weighted by molar-refractivity contribution is -0.159. The van der Waals surface area contributed by atoms with Crippen LogP contribution in [0.2, 0.25) is 0 Å². The molecule has 28 heavy (non-hydrogen) atoms. The number of furan rings is 1. The number of ether oxygens (including phenoxy) is 1. The molecule has 0 spiro atoms. The molecule has 1 heterocycles. The van der Waals surface area contributed by atoms with Gasteiger partial charge in [0, 0.05) is 0 Å². The van der Waals surface area contributed by atoms with Gasteiger partial charge in [-0.3, -0.25) is 0 Å². The SMILES string of the molecule is Cc1cccc(C)c1OCCCCCCNCc1ccco1.O=C(O)C(=O)O. The Hall–Kier alpha value is -2.80. The van der Waals surface area contributed by atoms with Crippen LogP contribution in [0.25, 0.3) is 0 Å². The molecule has 0 aliphatic rings. The number of benzene rings is 1. The second-order valence-electron chi connectivity index (χ2n) is 6.35. The quantitative estimate of drug-likeness (QED) is 0.418. The normalized spacial score (nSPS) is 10.1. The van der Waals surface area contributed by atoms with Crippen molar-refractivity contribution in [3.05, 3.63) is 53.5 Å². The van der Waals surface area contributed by atoms with E-state index in [9.17, 15) is 0 Å². The highest BCUT2D eigenvalue weighted by Gasteiger charge is 2.04. The molecule has 2 rings (SSSR count). The third-order valence-electron chi connectivity index (χ3n) is 3.97. The summed E-state index contributed by atoms with van der Waals surface area (Å²) in [6.07, 6.45) is 6.48. The molecule has 0 bridgehead atoms. The molecular formula is C21H29NO6. The molecule has 154 valence electrons. The van der Waals surface area contributed by atoms with Gasteiger partial charge in [-0.1, -0.05) is 31.0 Å². The second-order valence-corrected chi connectivity index (χ2v) is 6.35. The van der Waals surface area contributed by atoms with Crippen molar-refractivity contribution in [3.8, 4) is 5.75 Å². The maximum atomic E-state index is 9.10. The number of unbranched alkanes of at least 4 members (excludes halogenated alkanes) is 3. The van der Waals surface area contributed by atoms with E-state index in [1.165, 1.54) is 30.4 Å². The zero-order valence-electron chi connectivity index (χ0n) is 16.4. The van der Waals surface area contributed by atoms with Gasteiger partial charge >= 0.3 is 11.9 Å². The highest BCUT2D eigenvalue weighted by atomic mass is 16.5. The Morgan fingerprint density at radius 1 is 0.964 bits per heavy atom. The van der Waals surface area contributed by atoms with E-state index in [-0.39, 0.29) is 0 Å². The number of carbonyl (C=O) groups is 2. The predicted molar refractivity (Wildman–Crippen MR) is 106 cm³/mol. The first-order chi connectivity index (χ1) is 13.4. The summed E-state index contributed by atoms with van der Waals surface area (Å²) >= 11 is 0. The number of carboxylic acid groups (broad SMARTS) is 2. The van der Waals surface area contributed by atoms with E-state index in [0.29, 0.717) is 0 Å². The Morgan fingerprint density at radius 3 is 2.18 bits per heavy atom. The van der Waals surface area contributed by atoms with Gasteiger partial charge in [0.25, 0.3) is 0 Å². The van der Waals surface area contributed by atoms with Crippen molar-refractivity contribution in [1.82, 2.24) is 5.32 Å². The van der Waals surface area contributed by atoms with Crippen LogP contribution in [-0.4, -0.2) is 35.3 Å². The number of aryl methyl sites for hydroxylation is 2. The molecule has 2 aromatic rings. The molecule has 0 unspecified atom stereocenters. The highest BCUT2D eigenvalue weighted by Crippen LogP contribution is 2.22. The van der Waals surface area contributed by atoms with E-state index in [1.807, 2.05) is 12.1 Å². The van der Waals surface area contributed by atoms with Gasteiger partial charge in [-0.25, -0.2) is 9.59 Å². The Kier molecular flexibility index (Phi) is 11.1. The minimum Gasteiger partial charge on any atom is -0.493 e. The minimum absolute atomic E-state index is 0.811. The molecule has 0 atom stereocenters. The maximum absolute atomic E-state index is 9.10. The van der Waals surface area contributed by atoms with Gasteiger partial charge in [0.05, 0.1) is 19.4 Å². The number of para-hydroxylation sites is 1. The lowest BCUT2D eigenvalue weighted by Gasteiger charge is -2.11. The lowest BCUT2D eigenvalue weighted by atomic mass is 10.1. The minimum atomic E-state index is -1.82. The second kappa shape index (κ2) is 13.4. The topological polar surface area (TPSA) is 109 Å². The molecule has 0 amide bonds. The van der Waals surface area contributed by atoms with Crippen molar-refractivity contribution in [2.75, 3.05) is 13.2 Å². The summed E-state index contributed by atoms with van der Waals surface area (Å²) in [7, 11) is 0. The Bertz CT molecular complexity index is 679. The van der Waals surface area contributed by atoms with E-state index >= 15 is 0 Å². The number of hydrogen-bond acceptors (Lipinski definition) is 5. The van der Waals surface area contributed by atoms with Crippen molar-refractivity contribution < 1.29 is 29.0 Å². The third kappa shape index (κ3) is 9.78. The van der Waals surface area contributed by atoms with E-state index in [1.54, 1.807) is 6.26 Å². The molecule has 0 saturated heterocycles. The van der Waals surface area contributed by atoms with Crippen molar-refractivity contribution in [3.63, 3.8) is 0 Å². The Labute approximate surface area is 165 Å². The molecule has 1 aromatic carbocycles. The summed E-state index contributed by atoms with van der Waals surface area (Å²) in [4.78, 5) is 18.2. The van der Waals surface area contributed by atoms with Crippen LogP contribution in [-0.2, 0) is 16.1 Å². The number of carboxylic acids is 2. The molecule has 0 radical (unpaired) electrons. The lowest BCUT2D eigenvalue weighted by Crippen LogP contribution is -2.14. The van der Waals surface area contributed by atoms with Gasteiger partial charge < -0.3 is 24.7 Å². The van der Waals surface area contributed by atoms with Gasteiger partial charge in [0.2, 0.25) is 0 Å². The van der Waals surface area contributed by atoms with E-state index in [0.717, 1.165) is 37.6 Å². The average Bonchev–Trinajstić information content (AvgIpc) is 3.16. The summed E-state index contributed by atoms with van der Waals surface area (Å²) in [5, 5.41) is 18.2. The first-order valence-electron chi connectivity index (χ1n) is 9.30. The number of rotatable bonds is 10. The van der Waals surface area contributed by atoms with Gasteiger partial charge in [-0.05, 0) is 56.5 Å². The molecule has 7 heteroatoms. The van der Waals surface area contributed by atoms with Crippen LogP contribution in [0.3, 0.4) is 0 Å². The molecule has 7 nitrogen and oxygen atoms in total. The molecule has 0 aliphatic carbocycles.